The first-order chi connectivity index (χ1) is 9.55. The summed E-state index contributed by atoms with van der Waals surface area (Å²) >= 11 is 0. The number of benzene rings is 1. The molecule has 5 N–H and O–H groups in total. The van der Waals surface area contributed by atoms with Crippen molar-refractivity contribution in [1.29, 1.82) is 0 Å². The standard InChI is InChI=1S/C13H16N4O3/c1-19-10-5-7(4-9(18)11(10)20-2)3-8-6-16-13(15)17-12(8)14/h4-6,18H,3H2,1-2H3,(H4,14,15,16,17). The molecule has 0 saturated carbocycles. The molecule has 2 aromatic rings. The van der Waals surface area contributed by atoms with Gasteiger partial charge in [0.15, 0.2) is 11.5 Å². The molecule has 106 valence electrons. The third-order valence-corrected chi connectivity index (χ3v) is 2.83. The number of phenolic OH excluding ortho intramolecular Hbond substituents is 1. The number of aromatic hydroxyl groups is 1. The molecule has 0 aliphatic carbocycles. The van der Waals surface area contributed by atoms with Gasteiger partial charge in [-0.3, -0.25) is 0 Å². The van der Waals surface area contributed by atoms with Crippen LogP contribution in [0.4, 0.5) is 11.8 Å². The van der Waals surface area contributed by atoms with Crippen LogP contribution in [0.2, 0.25) is 0 Å². The van der Waals surface area contributed by atoms with E-state index in [1.807, 2.05) is 0 Å². The fourth-order valence-electron chi connectivity index (χ4n) is 1.89. The number of nitrogens with zero attached hydrogens (tertiary/aromatic N) is 2. The van der Waals surface area contributed by atoms with E-state index in [9.17, 15) is 5.11 Å². The zero-order valence-corrected chi connectivity index (χ0v) is 11.3. The summed E-state index contributed by atoms with van der Waals surface area (Å²) in [5.74, 6) is 1.17. The minimum atomic E-state index is -0.00298. The zero-order chi connectivity index (χ0) is 14.7. The Morgan fingerprint density at radius 2 is 1.95 bits per heavy atom. The summed E-state index contributed by atoms with van der Waals surface area (Å²) < 4.78 is 10.2. The average Bonchev–Trinajstić information content (AvgIpc) is 2.41. The van der Waals surface area contributed by atoms with Crippen LogP contribution in [0.25, 0.3) is 0 Å². The number of rotatable bonds is 4. The number of ether oxygens (including phenoxy) is 2. The SMILES string of the molecule is COc1cc(Cc2cnc(N)nc2N)cc(O)c1OC. The molecule has 7 nitrogen and oxygen atoms in total. The van der Waals surface area contributed by atoms with E-state index < -0.39 is 0 Å². The second-order valence-corrected chi connectivity index (χ2v) is 4.17. The second kappa shape index (κ2) is 5.52. The van der Waals surface area contributed by atoms with Crippen molar-refractivity contribution < 1.29 is 14.6 Å². The minimum Gasteiger partial charge on any atom is -0.504 e. The highest BCUT2D eigenvalue weighted by atomic mass is 16.5. The molecule has 0 radical (unpaired) electrons. The monoisotopic (exact) mass is 276 g/mol. The maximum atomic E-state index is 9.91. The molecule has 1 heterocycles. The molecule has 0 bridgehead atoms. The van der Waals surface area contributed by atoms with Gasteiger partial charge in [-0.25, -0.2) is 4.98 Å². The molecule has 2 rings (SSSR count). The number of methoxy groups -OCH3 is 2. The van der Waals surface area contributed by atoms with Crippen LogP contribution in [0.3, 0.4) is 0 Å². The molecule has 0 aliphatic heterocycles. The van der Waals surface area contributed by atoms with E-state index in [0.717, 1.165) is 5.56 Å². The molecule has 0 spiro atoms. The van der Waals surface area contributed by atoms with Crippen molar-refractivity contribution in [2.75, 3.05) is 25.7 Å². The van der Waals surface area contributed by atoms with E-state index in [-0.39, 0.29) is 17.4 Å². The van der Waals surface area contributed by atoms with Gasteiger partial charge in [-0.2, -0.15) is 4.98 Å². The van der Waals surface area contributed by atoms with Gasteiger partial charge in [-0.1, -0.05) is 0 Å². The van der Waals surface area contributed by atoms with Crippen LogP contribution >= 0.6 is 0 Å². The van der Waals surface area contributed by atoms with Gasteiger partial charge in [-0.05, 0) is 17.7 Å². The Hall–Kier alpha value is -2.70. The third kappa shape index (κ3) is 2.66. The Labute approximate surface area is 116 Å². The average molecular weight is 276 g/mol. The third-order valence-electron chi connectivity index (χ3n) is 2.83. The molecule has 1 aromatic heterocycles. The van der Waals surface area contributed by atoms with Crippen LogP contribution in [-0.2, 0) is 6.42 Å². The molecule has 0 atom stereocenters. The molecular weight excluding hydrogens is 260 g/mol. The summed E-state index contributed by atoms with van der Waals surface area (Å²) in [4.78, 5) is 7.80. The normalized spacial score (nSPS) is 10.3. The summed E-state index contributed by atoms with van der Waals surface area (Å²) in [7, 11) is 2.96. The first-order valence-electron chi connectivity index (χ1n) is 5.86. The van der Waals surface area contributed by atoms with Crippen molar-refractivity contribution in [1.82, 2.24) is 9.97 Å². The van der Waals surface area contributed by atoms with Crippen LogP contribution in [0.1, 0.15) is 11.1 Å². The van der Waals surface area contributed by atoms with E-state index in [1.165, 1.54) is 14.2 Å². The molecule has 7 heteroatoms. The van der Waals surface area contributed by atoms with Crippen molar-refractivity contribution in [3.8, 4) is 17.2 Å². The van der Waals surface area contributed by atoms with E-state index >= 15 is 0 Å². The van der Waals surface area contributed by atoms with Gasteiger partial charge in [-0.15, -0.1) is 0 Å². The maximum Gasteiger partial charge on any atom is 0.221 e. The van der Waals surface area contributed by atoms with E-state index in [0.29, 0.717) is 23.6 Å². The van der Waals surface area contributed by atoms with Crippen LogP contribution in [0, 0.1) is 0 Å². The van der Waals surface area contributed by atoms with Gasteiger partial charge in [0.25, 0.3) is 0 Å². The molecule has 0 aliphatic rings. The largest absolute Gasteiger partial charge is 0.504 e. The Morgan fingerprint density at radius 3 is 2.55 bits per heavy atom. The second-order valence-electron chi connectivity index (χ2n) is 4.17. The molecular formula is C13H16N4O3. The summed E-state index contributed by atoms with van der Waals surface area (Å²) in [6.07, 6.45) is 2.01. The Kier molecular flexibility index (Phi) is 3.79. The topological polar surface area (TPSA) is 117 Å². The van der Waals surface area contributed by atoms with Crippen LogP contribution in [0.15, 0.2) is 18.3 Å². The minimum absolute atomic E-state index is 0.00298. The van der Waals surface area contributed by atoms with Crippen molar-refractivity contribution in [3.05, 3.63) is 29.5 Å². The van der Waals surface area contributed by atoms with Gasteiger partial charge >= 0.3 is 0 Å². The number of phenols is 1. The highest BCUT2D eigenvalue weighted by Crippen LogP contribution is 2.38. The lowest BCUT2D eigenvalue weighted by Crippen LogP contribution is -2.04. The van der Waals surface area contributed by atoms with Crippen molar-refractivity contribution in [2.24, 2.45) is 0 Å². The summed E-state index contributed by atoms with van der Waals surface area (Å²) in [6.45, 7) is 0. The highest BCUT2D eigenvalue weighted by molar-refractivity contribution is 5.54. The highest BCUT2D eigenvalue weighted by Gasteiger charge is 2.13. The predicted molar refractivity (Wildman–Crippen MR) is 74.9 cm³/mol. The number of anilines is 2. The molecule has 20 heavy (non-hydrogen) atoms. The number of hydrogen-bond donors (Lipinski definition) is 3. The summed E-state index contributed by atoms with van der Waals surface area (Å²) in [6, 6.07) is 3.34. The molecule has 0 fully saturated rings. The lowest BCUT2D eigenvalue weighted by atomic mass is 10.1. The van der Waals surface area contributed by atoms with Crippen molar-refractivity contribution in [2.45, 2.75) is 6.42 Å². The number of hydrogen-bond acceptors (Lipinski definition) is 7. The first-order valence-corrected chi connectivity index (χ1v) is 5.86. The van der Waals surface area contributed by atoms with E-state index in [4.69, 9.17) is 20.9 Å². The van der Waals surface area contributed by atoms with Crippen molar-refractivity contribution in [3.63, 3.8) is 0 Å². The Bertz CT molecular complexity index is 631. The quantitative estimate of drug-likeness (QED) is 0.761. The Balaban J connectivity index is 2.36. The number of aromatic nitrogens is 2. The van der Waals surface area contributed by atoms with Gasteiger partial charge in [0.2, 0.25) is 11.7 Å². The fourth-order valence-corrected chi connectivity index (χ4v) is 1.89. The van der Waals surface area contributed by atoms with E-state index in [2.05, 4.69) is 9.97 Å². The lowest BCUT2D eigenvalue weighted by Gasteiger charge is -2.12. The van der Waals surface area contributed by atoms with Crippen LogP contribution in [0.5, 0.6) is 17.2 Å². The fraction of sp³-hybridized carbons (Fsp3) is 0.231. The smallest absolute Gasteiger partial charge is 0.221 e. The first kappa shape index (κ1) is 13.7. The van der Waals surface area contributed by atoms with Crippen molar-refractivity contribution >= 4 is 11.8 Å². The van der Waals surface area contributed by atoms with Gasteiger partial charge in [0.1, 0.15) is 5.82 Å². The van der Waals surface area contributed by atoms with Gasteiger partial charge < -0.3 is 26.0 Å². The molecule has 0 unspecified atom stereocenters. The number of nitrogens with two attached hydrogens (primary N) is 2. The predicted octanol–water partition coefficient (Wildman–Crippen LogP) is 0.955. The lowest BCUT2D eigenvalue weighted by molar-refractivity contribution is 0.332. The maximum absolute atomic E-state index is 9.91. The zero-order valence-electron chi connectivity index (χ0n) is 11.3. The summed E-state index contributed by atoms with van der Waals surface area (Å²) in [5, 5.41) is 9.91. The molecule has 0 amide bonds. The molecule has 0 saturated heterocycles. The van der Waals surface area contributed by atoms with Crippen LogP contribution in [-0.4, -0.2) is 29.3 Å². The summed E-state index contributed by atoms with van der Waals surface area (Å²) in [5.41, 5.74) is 12.7. The van der Waals surface area contributed by atoms with Gasteiger partial charge in [0, 0.05) is 18.2 Å². The Morgan fingerprint density at radius 1 is 1.20 bits per heavy atom. The van der Waals surface area contributed by atoms with Crippen LogP contribution < -0.4 is 20.9 Å². The number of nitrogen functional groups attached to an aromatic ring is 2. The van der Waals surface area contributed by atoms with Gasteiger partial charge in [0.05, 0.1) is 14.2 Å². The van der Waals surface area contributed by atoms with E-state index in [1.54, 1.807) is 18.3 Å². The molecule has 1 aromatic carbocycles.